The van der Waals surface area contributed by atoms with Gasteiger partial charge in [-0.3, -0.25) is 9.89 Å². The Morgan fingerprint density at radius 1 is 1.45 bits per heavy atom. The van der Waals surface area contributed by atoms with Crippen molar-refractivity contribution in [2.75, 3.05) is 26.7 Å². The average molecular weight is 306 g/mol. The van der Waals surface area contributed by atoms with Crippen LogP contribution >= 0.6 is 0 Å². The van der Waals surface area contributed by atoms with Crippen molar-refractivity contribution in [1.82, 2.24) is 25.1 Å². The van der Waals surface area contributed by atoms with Crippen LogP contribution in [0.5, 0.6) is 0 Å². The molecule has 0 bridgehead atoms. The minimum Gasteiger partial charge on any atom is -0.355 e. The minimum absolute atomic E-state index is 0.462. The Morgan fingerprint density at radius 2 is 2.23 bits per heavy atom. The van der Waals surface area contributed by atoms with Gasteiger partial charge in [0.25, 0.3) is 0 Å². The summed E-state index contributed by atoms with van der Waals surface area (Å²) in [7, 11) is 1.83. The van der Waals surface area contributed by atoms with Crippen LogP contribution in [-0.2, 0) is 6.54 Å². The summed E-state index contributed by atoms with van der Waals surface area (Å²) in [5.41, 5.74) is 0. The summed E-state index contributed by atoms with van der Waals surface area (Å²) in [4.78, 5) is 11.1. The predicted molar refractivity (Wildman–Crippen MR) is 91.1 cm³/mol. The number of guanidine groups is 1. The molecule has 1 aliphatic heterocycles. The Labute approximate surface area is 134 Å². The molecule has 2 unspecified atom stereocenters. The normalized spacial score (nSPS) is 23.3. The second kappa shape index (κ2) is 7.63. The molecule has 1 aliphatic rings. The van der Waals surface area contributed by atoms with Gasteiger partial charge in [0.2, 0.25) is 0 Å². The lowest BCUT2D eigenvalue weighted by molar-refractivity contribution is 0.265. The van der Waals surface area contributed by atoms with E-state index >= 15 is 0 Å². The lowest BCUT2D eigenvalue weighted by atomic mass is 10.1. The number of nitrogens with zero attached hydrogens (tertiary/aromatic N) is 4. The molecule has 124 valence electrons. The zero-order valence-corrected chi connectivity index (χ0v) is 14.5. The van der Waals surface area contributed by atoms with Gasteiger partial charge in [-0.05, 0) is 26.7 Å². The van der Waals surface area contributed by atoms with E-state index in [1.165, 1.54) is 0 Å². The van der Waals surface area contributed by atoms with Crippen molar-refractivity contribution in [3.63, 3.8) is 0 Å². The Bertz CT molecular complexity index is 493. The molecule has 2 atom stereocenters. The van der Waals surface area contributed by atoms with Gasteiger partial charge in [-0.2, -0.15) is 0 Å². The first-order valence-corrected chi connectivity index (χ1v) is 8.20. The SMILES string of the molecule is CN=C(NCCn1ccnc1C)NC1CN(C(C)C)CC1C. The van der Waals surface area contributed by atoms with Crippen molar-refractivity contribution >= 4 is 5.96 Å². The Hall–Kier alpha value is -1.56. The molecule has 2 rings (SSSR count). The van der Waals surface area contributed by atoms with E-state index < -0.39 is 0 Å². The summed E-state index contributed by atoms with van der Waals surface area (Å²) < 4.78 is 2.14. The van der Waals surface area contributed by atoms with E-state index in [4.69, 9.17) is 0 Å². The summed E-state index contributed by atoms with van der Waals surface area (Å²) in [5, 5.41) is 6.97. The number of aliphatic imine (C=N–C) groups is 1. The third-order valence-corrected chi connectivity index (χ3v) is 4.49. The molecule has 1 saturated heterocycles. The fourth-order valence-electron chi connectivity index (χ4n) is 2.92. The van der Waals surface area contributed by atoms with Crippen LogP contribution in [0.1, 0.15) is 26.6 Å². The molecular weight excluding hydrogens is 276 g/mol. The minimum atomic E-state index is 0.462. The lowest BCUT2D eigenvalue weighted by Crippen LogP contribution is -2.47. The van der Waals surface area contributed by atoms with Crippen LogP contribution in [0.2, 0.25) is 0 Å². The zero-order chi connectivity index (χ0) is 16.1. The number of rotatable bonds is 5. The molecule has 0 spiro atoms. The number of hydrogen-bond acceptors (Lipinski definition) is 3. The van der Waals surface area contributed by atoms with Crippen molar-refractivity contribution in [2.45, 2.75) is 46.3 Å². The van der Waals surface area contributed by atoms with E-state index in [0.29, 0.717) is 18.0 Å². The molecule has 0 aliphatic carbocycles. The van der Waals surface area contributed by atoms with E-state index in [1.54, 1.807) is 0 Å². The first-order chi connectivity index (χ1) is 10.5. The van der Waals surface area contributed by atoms with E-state index in [9.17, 15) is 0 Å². The fourth-order valence-corrected chi connectivity index (χ4v) is 2.92. The fraction of sp³-hybridized carbons (Fsp3) is 0.750. The largest absolute Gasteiger partial charge is 0.355 e. The van der Waals surface area contributed by atoms with Crippen LogP contribution in [0.3, 0.4) is 0 Å². The predicted octanol–water partition coefficient (Wildman–Crippen LogP) is 1.09. The number of imidazole rings is 1. The molecule has 1 aromatic heterocycles. The van der Waals surface area contributed by atoms with Crippen molar-refractivity contribution in [1.29, 1.82) is 0 Å². The number of nitrogens with one attached hydrogen (secondary N) is 2. The van der Waals surface area contributed by atoms with Crippen LogP contribution < -0.4 is 10.6 Å². The second-order valence-electron chi connectivity index (χ2n) is 6.44. The van der Waals surface area contributed by atoms with Gasteiger partial charge in [-0.25, -0.2) is 4.98 Å². The maximum atomic E-state index is 4.35. The molecule has 1 fully saturated rings. The summed E-state index contributed by atoms with van der Waals surface area (Å²) in [5.74, 6) is 2.57. The highest BCUT2D eigenvalue weighted by Crippen LogP contribution is 2.18. The summed E-state index contributed by atoms with van der Waals surface area (Å²) >= 11 is 0. The van der Waals surface area contributed by atoms with Crippen LogP contribution in [-0.4, -0.2) is 59.2 Å². The zero-order valence-electron chi connectivity index (χ0n) is 14.5. The third kappa shape index (κ3) is 4.22. The van der Waals surface area contributed by atoms with Gasteiger partial charge < -0.3 is 15.2 Å². The maximum Gasteiger partial charge on any atom is 0.191 e. The number of aryl methyl sites for hydroxylation is 1. The molecule has 0 radical (unpaired) electrons. The van der Waals surface area contributed by atoms with E-state index in [-0.39, 0.29) is 0 Å². The molecular formula is C16H30N6. The van der Waals surface area contributed by atoms with E-state index in [2.05, 4.69) is 50.8 Å². The highest BCUT2D eigenvalue weighted by atomic mass is 15.3. The van der Waals surface area contributed by atoms with Gasteiger partial charge in [0.15, 0.2) is 5.96 Å². The highest BCUT2D eigenvalue weighted by molar-refractivity contribution is 5.80. The monoisotopic (exact) mass is 306 g/mol. The number of likely N-dealkylation sites (tertiary alicyclic amines) is 1. The van der Waals surface area contributed by atoms with Crippen LogP contribution in [0.4, 0.5) is 0 Å². The van der Waals surface area contributed by atoms with Gasteiger partial charge in [-0.1, -0.05) is 6.92 Å². The molecule has 2 N–H and O–H groups in total. The molecule has 2 heterocycles. The molecule has 6 heteroatoms. The van der Waals surface area contributed by atoms with Gasteiger partial charge in [0.05, 0.1) is 0 Å². The second-order valence-corrected chi connectivity index (χ2v) is 6.44. The standard InChI is InChI=1S/C16H30N6/c1-12(2)22-10-13(3)15(11-22)20-16(17-5)19-7-9-21-8-6-18-14(21)4/h6,8,12-13,15H,7,9-11H2,1-5H3,(H2,17,19,20). The van der Waals surface area contributed by atoms with Crippen molar-refractivity contribution in [3.8, 4) is 0 Å². The highest BCUT2D eigenvalue weighted by Gasteiger charge is 2.31. The van der Waals surface area contributed by atoms with Crippen molar-refractivity contribution < 1.29 is 0 Å². The third-order valence-electron chi connectivity index (χ3n) is 4.49. The topological polar surface area (TPSA) is 57.5 Å². The first kappa shape index (κ1) is 16.8. The van der Waals surface area contributed by atoms with Crippen LogP contribution in [0.15, 0.2) is 17.4 Å². The number of hydrogen-bond donors (Lipinski definition) is 2. The van der Waals surface area contributed by atoms with Gasteiger partial charge in [0, 0.05) is 57.7 Å². The van der Waals surface area contributed by atoms with Crippen LogP contribution in [0.25, 0.3) is 0 Å². The molecule has 6 nitrogen and oxygen atoms in total. The smallest absolute Gasteiger partial charge is 0.191 e. The summed E-state index contributed by atoms with van der Waals surface area (Å²) in [6.07, 6.45) is 3.84. The van der Waals surface area contributed by atoms with Gasteiger partial charge in [0.1, 0.15) is 5.82 Å². The van der Waals surface area contributed by atoms with E-state index in [0.717, 1.165) is 38.0 Å². The molecule has 0 saturated carbocycles. The summed E-state index contributed by atoms with van der Waals surface area (Å²) in [6, 6.07) is 1.07. The van der Waals surface area contributed by atoms with Gasteiger partial charge >= 0.3 is 0 Å². The Morgan fingerprint density at radius 3 is 2.77 bits per heavy atom. The first-order valence-electron chi connectivity index (χ1n) is 8.20. The van der Waals surface area contributed by atoms with E-state index in [1.807, 2.05) is 26.4 Å². The van der Waals surface area contributed by atoms with Crippen LogP contribution in [0, 0.1) is 12.8 Å². The lowest BCUT2D eigenvalue weighted by Gasteiger charge is -2.22. The molecule has 1 aromatic rings. The quantitative estimate of drug-likeness (QED) is 0.631. The Kier molecular flexibility index (Phi) is 5.83. The van der Waals surface area contributed by atoms with Crippen molar-refractivity contribution in [2.24, 2.45) is 10.9 Å². The average Bonchev–Trinajstić information content (AvgIpc) is 3.05. The summed E-state index contributed by atoms with van der Waals surface area (Å²) in [6.45, 7) is 12.8. The van der Waals surface area contributed by atoms with Crippen molar-refractivity contribution in [3.05, 3.63) is 18.2 Å². The van der Waals surface area contributed by atoms with Gasteiger partial charge in [-0.15, -0.1) is 0 Å². The molecule has 22 heavy (non-hydrogen) atoms. The Balaban J connectivity index is 1.79. The maximum absolute atomic E-state index is 4.35. The number of aromatic nitrogens is 2. The molecule has 0 aromatic carbocycles. The molecule has 0 amide bonds.